The Hall–Kier alpha value is -2.14. The normalized spacial score (nSPS) is 15.1. The van der Waals surface area contributed by atoms with Crippen LogP contribution >= 0.6 is 0 Å². The fourth-order valence-electron chi connectivity index (χ4n) is 2.80. The fraction of sp³-hybridized carbons (Fsp3) is 0.333. The molecule has 2 aromatic rings. The minimum Gasteiger partial charge on any atom is -0.477 e. The summed E-state index contributed by atoms with van der Waals surface area (Å²) in [4.78, 5) is 13.6. The fourth-order valence-corrected chi connectivity index (χ4v) is 2.80. The molecule has 0 bridgehead atoms. The molecule has 5 heteroatoms. The third kappa shape index (κ3) is 2.32. The lowest BCUT2D eigenvalue weighted by Gasteiger charge is -2.26. The first-order chi connectivity index (χ1) is 9.65. The van der Waals surface area contributed by atoms with Crippen molar-refractivity contribution in [3.05, 3.63) is 52.8 Å². The van der Waals surface area contributed by atoms with Crippen LogP contribution in [0.5, 0.6) is 0 Å². The van der Waals surface area contributed by atoms with E-state index in [-0.39, 0.29) is 0 Å². The number of rotatable bonds is 3. The first-order valence-electron chi connectivity index (χ1n) is 6.69. The number of carboxylic acid groups (broad SMARTS) is 1. The van der Waals surface area contributed by atoms with Gasteiger partial charge in [-0.1, -0.05) is 30.3 Å². The van der Waals surface area contributed by atoms with Crippen LogP contribution in [0.1, 0.15) is 27.3 Å². The van der Waals surface area contributed by atoms with E-state index in [1.54, 1.807) is 7.05 Å². The lowest BCUT2D eigenvalue weighted by molar-refractivity contribution is 0.0682. The van der Waals surface area contributed by atoms with Crippen molar-refractivity contribution in [3.63, 3.8) is 0 Å². The molecule has 0 fully saturated rings. The lowest BCUT2D eigenvalue weighted by atomic mass is 10.0. The van der Waals surface area contributed by atoms with E-state index in [1.165, 1.54) is 10.2 Å². The Labute approximate surface area is 117 Å². The largest absolute Gasteiger partial charge is 0.477 e. The van der Waals surface area contributed by atoms with Crippen molar-refractivity contribution < 1.29 is 9.90 Å². The summed E-state index contributed by atoms with van der Waals surface area (Å²) in [6.07, 6.45) is 0.809. The molecular weight excluding hydrogens is 254 g/mol. The topological polar surface area (TPSA) is 58.4 Å². The van der Waals surface area contributed by atoms with Crippen LogP contribution in [0.15, 0.2) is 30.3 Å². The Kier molecular flexibility index (Phi) is 3.28. The summed E-state index contributed by atoms with van der Waals surface area (Å²) >= 11 is 0. The minimum atomic E-state index is -0.900. The van der Waals surface area contributed by atoms with E-state index in [0.29, 0.717) is 12.2 Å². The van der Waals surface area contributed by atoms with Crippen LogP contribution in [-0.2, 0) is 26.6 Å². The highest BCUT2D eigenvalue weighted by molar-refractivity contribution is 5.87. The second-order valence-electron chi connectivity index (χ2n) is 5.15. The summed E-state index contributed by atoms with van der Waals surface area (Å²) < 4.78 is 1.49. The maximum atomic E-state index is 11.3. The number of benzene rings is 1. The molecule has 1 aliphatic heterocycles. The van der Waals surface area contributed by atoms with E-state index in [2.05, 4.69) is 22.1 Å². The predicted molar refractivity (Wildman–Crippen MR) is 74.4 cm³/mol. The van der Waals surface area contributed by atoms with Gasteiger partial charge in [0.15, 0.2) is 5.69 Å². The monoisotopic (exact) mass is 271 g/mol. The first-order valence-corrected chi connectivity index (χ1v) is 6.69. The second-order valence-corrected chi connectivity index (χ2v) is 5.15. The molecular formula is C15H17N3O2. The van der Waals surface area contributed by atoms with Crippen LogP contribution < -0.4 is 0 Å². The maximum absolute atomic E-state index is 11.3. The molecule has 2 heterocycles. The Morgan fingerprint density at radius 1 is 1.35 bits per heavy atom. The van der Waals surface area contributed by atoms with Gasteiger partial charge in [-0.15, -0.1) is 0 Å². The van der Waals surface area contributed by atoms with Crippen molar-refractivity contribution in [2.75, 3.05) is 6.54 Å². The molecule has 0 saturated heterocycles. The molecule has 0 atom stereocenters. The molecule has 0 unspecified atom stereocenters. The standard InChI is InChI=1S/C15H17N3O2/c1-17-14(15(19)20)12-10-18(8-7-13(12)16-17)9-11-5-3-2-4-6-11/h2-6H,7-10H2,1H3,(H,19,20). The third-order valence-corrected chi connectivity index (χ3v) is 3.73. The maximum Gasteiger partial charge on any atom is 0.354 e. The van der Waals surface area contributed by atoms with Crippen LogP contribution in [0.2, 0.25) is 0 Å². The molecule has 1 aromatic carbocycles. The molecule has 104 valence electrons. The summed E-state index contributed by atoms with van der Waals surface area (Å²) in [7, 11) is 1.70. The van der Waals surface area contributed by atoms with Gasteiger partial charge in [-0.3, -0.25) is 9.58 Å². The highest BCUT2D eigenvalue weighted by Crippen LogP contribution is 2.23. The average molecular weight is 271 g/mol. The van der Waals surface area contributed by atoms with Crippen molar-refractivity contribution >= 4 is 5.97 Å². The van der Waals surface area contributed by atoms with Gasteiger partial charge in [0.25, 0.3) is 0 Å². The van der Waals surface area contributed by atoms with Gasteiger partial charge in [0.1, 0.15) is 0 Å². The Morgan fingerprint density at radius 2 is 2.10 bits per heavy atom. The van der Waals surface area contributed by atoms with E-state index < -0.39 is 5.97 Å². The van der Waals surface area contributed by atoms with Crippen LogP contribution in [-0.4, -0.2) is 32.3 Å². The van der Waals surface area contributed by atoms with Gasteiger partial charge >= 0.3 is 5.97 Å². The summed E-state index contributed by atoms with van der Waals surface area (Å²) in [6, 6.07) is 10.2. The number of aromatic carboxylic acids is 1. The van der Waals surface area contributed by atoms with Gasteiger partial charge in [-0.2, -0.15) is 5.10 Å². The molecule has 3 rings (SSSR count). The third-order valence-electron chi connectivity index (χ3n) is 3.73. The predicted octanol–water partition coefficient (Wildman–Crippen LogP) is 1.68. The zero-order valence-corrected chi connectivity index (χ0v) is 11.4. The molecule has 1 N–H and O–H groups in total. The van der Waals surface area contributed by atoms with Gasteiger partial charge < -0.3 is 5.11 Å². The Morgan fingerprint density at radius 3 is 2.80 bits per heavy atom. The molecule has 1 aliphatic rings. The number of hydrogen-bond donors (Lipinski definition) is 1. The lowest BCUT2D eigenvalue weighted by Crippen LogP contribution is -2.30. The average Bonchev–Trinajstić information content (AvgIpc) is 2.75. The number of aromatic nitrogens is 2. The number of carboxylic acids is 1. The summed E-state index contributed by atoms with van der Waals surface area (Å²) in [5.74, 6) is -0.900. The van der Waals surface area contributed by atoms with Crippen molar-refractivity contribution in [1.82, 2.24) is 14.7 Å². The quantitative estimate of drug-likeness (QED) is 0.922. The van der Waals surface area contributed by atoms with Gasteiger partial charge in [0, 0.05) is 38.7 Å². The van der Waals surface area contributed by atoms with E-state index in [0.717, 1.165) is 30.8 Å². The second kappa shape index (κ2) is 5.09. The first kappa shape index (κ1) is 12.9. The minimum absolute atomic E-state index is 0.317. The molecule has 0 spiro atoms. The van der Waals surface area contributed by atoms with Crippen molar-refractivity contribution in [3.8, 4) is 0 Å². The molecule has 0 amide bonds. The molecule has 20 heavy (non-hydrogen) atoms. The van der Waals surface area contributed by atoms with Crippen molar-refractivity contribution in [2.24, 2.45) is 7.05 Å². The van der Waals surface area contributed by atoms with Crippen LogP contribution in [0.3, 0.4) is 0 Å². The Bertz CT molecular complexity index is 634. The smallest absolute Gasteiger partial charge is 0.354 e. The number of aryl methyl sites for hydroxylation is 1. The van der Waals surface area contributed by atoms with Crippen LogP contribution in [0.25, 0.3) is 0 Å². The number of nitrogens with zero attached hydrogens (tertiary/aromatic N) is 3. The van der Waals surface area contributed by atoms with Crippen LogP contribution in [0.4, 0.5) is 0 Å². The highest BCUT2D eigenvalue weighted by Gasteiger charge is 2.26. The zero-order valence-electron chi connectivity index (χ0n) is 11.4. The van der Waals surface area contributed by atoms with Gasteiger partial charge in [0.2, 0.25) is 0 Å². The van der Waals surface area contributed by atoms with Gasteiger partial charge in [-0.05, 0) is 5.56 Å². The molecule has 0 aliphatic carbocycles. The summed E-state index contributed by atoms with van der Waals surface area (Å²) in [6.45, 7) is 2.41. The molecule has 0 radical (unpaired) electrons. The van der Waals surface area contributed by atoms with Gasteiger partial charge in [-0.25, -0.2) is 4.79 Å². The SMILES string of the molecule is Cn1nc2c(c1C(=O)O)CN(Cc1ccccc1)CC2. The number of fused-ring (bicyclic) bond motifs is 1. The number of carbonyl (C=O) groups is 1. The summed E-state index contributed by atoms with van der Waals surface area (Å²) in [5.41, 5.74) is 3.35. The van der Waals surface area contributed by atoms with E-state index in [9.17, 15) is 9.90 Å². The van der Waals surface area contributed by atoms with Crippen molar-refractivity contribution in [1.29, 1.82) is 0 Å². The molecule has 1 aromatic heterocycles. The van der Waals surface area contributed by atoms with Crippen molar-refractivity contribution in [2.45, 2.75) is 19.5 Å². The zero-order chi connectivity index (χ0) is 14.1. The van der Waals surface area contributed by atoms with E-state index >= 15 is 0 Å². The summed E-state index contributed by atoms with van der Waals surface area (Å²) in [5, 5.41) is 13.6. The van der Waals surface area contributed by atoms with Crippen LogP contribution in [0, 0.1) is 0 Å². The molecule has 0 saturated carbocycles. The highest BCUT2D eigenvalue weighted by atomic mass is 16.4. The van der Waals surface area contributed by atoms with E-state index in [4.69, 9.17) is 0 Å². The number of hydrogen-bond acceptors (Lipinski definition) is 3. The molecule has 5 nitrogen and oxygen atoms in total. The Balaban J connectivity index is 1.83. The van der Waals surface area contributed by atoms with E-state index in [1.807, 2.05) is 18.2 Å². The van der Waals surface area contributed by atoms with Gasteiger partial charge in [0.05, 0.1) is 5.69 Å².